The maximum Gasteiger partial charge on any atom is 0.223 e. The van der Waals surface area contributed by atoms with Crippen LogP contribution in [0.3, 0.4) is 0 Å². The quantitative estimate of drug-likeness (QED) is 0.749. The number of aromatic nitrogens is 2. The van der Waals surface area contributed by atoms with Gasteiger partial charge in [-0.15, -0.1) is 0 Å². The Morgan fingerprint density at radius 2 is 1.79 bits per heavy atom. The van der Waals surface area contributed by atoms with E-state index in [-0.39, 0.29) is 5.91 Å². The Bertz CT molecular complexity index is 848. The molecule has 0 saturated carbocycles. The summed E-state index contributed by atoms with van der Waals surface area (Å²) in [7, 11) is -0.926. The molecule has 6 nitrogen and oxygen atoms in total. The summed E-state index contributed by atoms with van der Waals surface area (Å²) in [6, 6.07) is 6.19. The summed E-state index contributed by atoms with van der Waals surface area (Å²) in [5, 5.41) is 0. The monoisotopic (exact) mass is 416 g/mol. The zero-order chi connectivity index (χ0) is 21.4. The lowest BCUT2D eigenvalue weighted by molar-refractivity contribution is -0.131. The Balaban J connectivity index is 0.00000145. The molecule has 0 bridgehead atoms. The van der Waals surface area contributed by atoms with Crippen LogP contribution >= 0.6 is 0 Å². The van der Waals surface area contributed by atoms with Crippen LogP contribution in [0.5, 0.6) is 0 Å². The number of nitrogens with zero attached hydrogens (tertiary/aromatic N) is 4. The number of rotatable bonds is 5. The summed E-state index contributed by atoms with van der Waals surface area (Å²) in [6.45, 7) is 10.9. The van der Waals surface area contributed by atoms with E-state index in [1.165, 1.54) is 0 Å². The van der Waals surface area contributed by atoms with Gasteiger partial charge < -0.3 is 9.80 Å². The third-order valence-electron chi connectivity index (χ3n) is 4.79. The molecule has 1 fully saturated rings. The van der Waals surface area contributed by atoms with Gasteiger partial charge in [0.15, 0.2) is 0 Å². The highest BCUT2D eigenvalue weighted by Crippen LogP contribution is 2.25. The van der Waals surface area contributed by atoms with E-state index in [2.05, 4.69) is 33.9 Å². The number of pyridine rings is 2. The van der Waals surface area contributed by atoms with Crippen LogP contribution in [-0.4, -0.2) is 63.2 Å². The van der Waals surface area contributed by atoms with Crippen molar-refractivity contribution in [2.45, 2.75) is 34.1 Å². The molecule has 0 radical (unpaired) electrons. The molecule has 3 rings (SSSR count). The Morgan fingerprint density at radius 1 is 1.10 bits per heavy atom. The van der Waals surface area contributed by atoms with Crippen molar-refractivity contribution in [3.05, 3.63) is 41.7 Å². The van der Waals surface area contributed by atoms with Crippen molar-refractivity contribution < 1.29 is 9.00 Å². The van der Waals surface area contributed by atoms with E-state index < -0.39 is 10.8 Å². The molecule has 0 spiro atoms. The first-order valence-corrected chi connectivity index (χ1v) is 11.9. The Hall–Kier alpha value is -2.28. The van der Waals surface area contributed by atoms with E-state index in [0.29, 0.717) is 25.3 Å². The highest BCUT2D eigenvalue weighted by atomic mass is 32.2. The standard InChI is InChI=1S/C20H26N4O2S.C2H6/c1-15-12-16(2)20(22-14-15)17-4-6-21-18(13-17)23-7-9-24(10-8-23)19(25)5-11-27(3)26;1-2/h4,6,12-14H,5,7-11H2,1-3H3;1-2H3. The molecule has 1 aliphatic heterocycles. The number of aryl methyl sites for hydroxylation is 2. The second-order valence-corrected chi connectivity index (χ2v) is 8.53. The van der Waals surface area contributed by atoms with Crippen molar-refractivity contribution in [1.29, 1.82) is 0 Å². The number of amides is 1. The van der Waals surface area contributed by atoms with E-state index >= 15 is 0 Å². The van der Waals surface area contributed by atoms with Gasteiger partial charge in [0, 0.05) is 73.4 Å². The smallest absolute Gasteiger partial charge is 0.223 e. The number of carbonyl (C=O) groups is 1. The van der Waals surface area contributed by atoms with E-state index in [4.69, 9.17) is 0 Å². The molecule has 7 heteroatoms. The predicted molar refractivity (Wildman–Crippen MR) is 121 cm³/mol. The van der Waals surface area contributed by atoms with Crippen LogP contribution < -0.4 is 4.90 Å². The average Bonchev–Trinajstić information content (AvgIpc) is 2.73. The molecule has 1 unspecified atom stereocenters. The van der Waals surface area contributed by atoms with Crippen LogP contribution in [0.15, 0.2) is 30.6 Å². The summed E-state index contributed by atoms with van der Waals surface area (Å²) in [4.78, 5) is 25.4. The Kier molecular flexibility index (Phi) is 8.76. The summed E-state index contributed by atoms with van der Waals surface area (Å²) in [5.74, 6) is 1.44. The third kappa shape index (κ3) is 6.35. The van der Waals surface area contributed by atoms with Gasteiger partial charge in [0.1, 0.15) is 5.82 Å². The lowest BCUT2D eigenvalue weighted by atomic mass is 10.1. The minimum absolute atomic E-state index is 0.0889. The van der Waals surface area contributed by atoms with Crippen LogP contribution in [-0.2, 0) is 15.6 Å². The van der Waals surface area contributed by atoms with Crippen LogP contribution in [0, 0.1) is 13.8 Å². The molecule has 29 heavy (non-hydrogen) atoms. The molecular formula is C22H32N4O2S. The minimum atomic E-state index is -0.926. The molecule has 2 aromatic heterocycles. The first-order valence-electron chi connectivity index (χ1n) is 10.2. The van der Waals surface area contributed by atoms with Gasteiger partial charge in [-0.3, -0.25) is 14.0 Å². The second kappa shape index (κ2) is 11.0. The second-order valence-electron chi connectivity index (χ2n) is 6.98. The van der Waals surface area contributed by atoms with Crippen LogP contribution in [0.4, 0.5) is 5.82 Å². The lowest BCUT2D eigenvalue weighted by Crippen LogP contribution is -2.49. The molecule has 1 aliphatic rings. The molecule has 1 saturated heterocycles. The fourth-order valence-electron chi connectivity index (χ4n) is 3.33. The van der Waals surface area contributed by atoms with Gasteiger partial charge in [0.05, 0.1) is 5.69 Å². The van der Waals surface area contributed by atoms with Gasteiger partial charge in [-0.2, -0.15) is 0 Å². The number of carbonyl (C=O) groups excluding carboxylic acids is 1. The highest BCUT2D eigenvalue weighted by molar-refractivity contribution is 7.84. The van der Waals surface area contributed by atoms with E-state index in [1.807, 2.05) is 44.1 Å². The van der Waals surface area contributed by atoms with Crippen molar-refractivity contribution in [3.8, 4) is 11.3 Å². The van der Waals surface area contributed by atoms with Gasteiger partial charge in [-0.1, -0.05) is 19.9 Å². The van der Waals surface area contributed by atoms with E-state index in [1.54, 1.807) is 6.26 Å². The Morgan fingerprint density at radius 3 is 2.41 bits per heavy atom. The van der Waals surface area contributed by atoms with Gasteiger partial charge in [-0.25, -0.2) is 4.98 Å². The zero-order valence-corrected chi connectivity index (χ0v) is 19.0. The number of piperazine rings is 1. The van der Waals surface area contributed by atoms with Crippen molar-refractivity contribution in [2.75, 3.05) is 43.1 Å². The zero-order valence-electron chi connectivity index (χ0n) is 18.1. The molecular weight excluding hydrogens is 384 g/mol. The first-order chi connectivity index (χ1) is 13.9. The number of hydrogen-bond donors (Lipinski definition) is 0. The molecule has 0 aliphatic carbocycles. The predicted octanol–water partition coefficient (Wildman–Crippen LogP) is 3.20. The van der Waals surface area contributed by atoms with Gasteiger partial charge in [0.25, 0.3) is 0 Å². The molecule has 1 amide bonds. The molecule has 158 valence electrons. The van der Waals surface area contributed by atoms with Crippen molar-refractivity contribution in [3.63, 3.8) is 0 Å². The molecule has 1 atom stereocenters. The largest absolute Gasteiger partial charge is 0.353 e. The fraction of sp³-hybridized carbons (Fsp3) is 0.500. The first kappa shape index (κ1) is 23.0. The SMILES string of the molecule is CC.Cc1cnc(-c2ccnc(N3CCN(C(=O)CCS(C)=O)CC3)c2)c(C)c1. The van der Waals surface area contributed by atoms with Crippen molar-refractivity contribution >= 4 is 22.5 Å². The molecule has 3 heterocycles. The van der Waals surface area contributed by atoms with Crippen LogP contribution in [0.2, 0.25) is 0 Å². The van der Waals surface area contributed by atoms with E-state index in [0.717, 1.165) is 41.3 Å². The minimum Gasteiger partial charge on any atom is -0.353 e. The number of anilines is 1. The van der Waals surface area contributed by atoms with Crippen LogP contribution in [0.1, 0.15) is 31.4 Å². The van der Waals surface area contributed by atoms with Crippen molar-refractivity contribution in [2.24, 2.45) is 0 Å². The van der Waals surface area contributed by atoms with Crippen LogP contribution in [0.25, 0.3) is 11.3 Å². The third-order valence-corrected chi connectivity index (χ3v) is 5.57. The summed E-state index contributed by atoms with van der Waals surface area (Å²) in [6.07, 6.45) is 5.69. The van der Waals surface area contributed by atoms with Gasteiger partial charge >= 0.3 is 0 Å². The summed E-state index contributed by atoms with van der Waals surface area (Å²) < 4.78 is 11.2. The topological polar surface area (TPSA) is 66.4 Å². The average molecular weight is 417 g/mol. The maximum absolute atomic E-state index is 12.2. The van der Waals surface area contributed by atoms with Crippen molar-refractivity contribution in [1.82, 2.24) is 14.9 Å². The lowest BCUT2D eigenvalue weighted by Gasteiger charge is -2.35. The van der Waals surface area contributed by atoms with Gasteiger partial charge in [-0.05, 0) is 37.1 Å². The molecule has 0 aromatic carbocycles. The van der Waals surface area contributed by atoms with Gasteiger partial charge in [0.2, 0.25) is 5.91 Å². The summed E-state index contributed by atoms with van der Waals surface area (Å²) in [5.41, 5.74) is 4.33. The fourth-order valence-corrected chi connectivity index (χ4v) is 3.79. The van der Waals surface area contributed by atoms with E-state index in [9.17, 15) is 9.00 Å². The summed E-state index contributed by atoms with van der Waals surface area (Å²) >= 11 is 0. The highest BCUT2D eigenvalue weighted by Gasteiger charge is 2.22. The maximum atomic E-state index is 12.2. The normalized spacial score (nSPS) is 14.8. The molecule has 2 aromatic rings. The Labute approximate surface area is 176 Å². The molecule has 0 N–H and O–H groups in total. The number of hydrogen-bond acceptors (Lipinski definition) is 5.